The van der Waals surface area contributed by atoms with Gasteiger partial charge in [-0.2, -0.15) is 8.42 Å². The third kappa shape index (κ3) is 4.44. The summed E-state index contributed by atoms with van der Waals surface area (Å²) in [4.78, 5) is 12.6. The molecule has 2 rings (SSSR count). The number of Topliss-reactive ketones (excluding diaryl/α,β-unsaturated/α-hetero) is 1. The third-order valence-corrected chi connectivity index (χ3v) is 5.14. The number of rotatable bonds is 6. The molecule has 2 aromatic rings. The van der Waals surface area contributed by atoms with Crippen molar-refractivity contribution < 1.29 is 17.4 Å². The molecule has 0 bridgehead atoms. The average molecular weight is 367 g/mol. The normalized spacial score (nSPS) is 12.2. The van der Waals surface area contributed by atoms with Crippen LogP contribution in [0.5, 0.6) is 0 Å². The lowest BCUT2D eigenvalue weighted by molar-refractivity contribution is 0.0759. The molecular weight excluding hydrogens is 348 g/mol. The highest BCUT2D eigenvalue weighted by Gasteiger charge is 2.31. The number of carbonyl (C=O) groups is 1. The quantitative estimate of drug-likeness (QED) is 0.566. The van der Waals surface area contributed by atoms with Crippen molar-refractivity contribution in [2.75, 3.05) is 6.61 Å². The van der Waals surface area contributed by atoms with Crippen molar-refractivity contribution in [1.82, 2.24) is 0 Å². The predicted octanol–water partition coefficient (Wildman–Crippen LogP) is 4.26. The summed E-state index contributed by atoms with van der Waals surface area (Å²) in [5.74, 6) is -0.210. The van der Waals surface area contributed by atoms with Crippen molar-refractivity contribution in [3.8, 4) is 0 Å². The van der Waals surface area contributed by atoms with Gasteiger partial charge in [-0.3, -0.25) is 8.98 Å². The Labute approximate surface area is 147 Å². The maximum absolute atomic E-state index is 12.6. The van der Waals surface area contributed by atoms with Crippen LogP contribution in [0.1, 0.15) is 29.8 Å². The summed E-state index contributed by atoms with van der Waals surface area (Å²) >= 11 is 5.82. The number of halogens is 1. The summed E-state index contributed by atoms with van der Waals surface area (Å²) in [6.45, 7) is 4.92. The van der Waals surface area contributed by atoms with Gasteiger partial charge in [0, 0.05) is 10.6 Å². The van der Waals surface area contributed by atoms with Crippen LogP contribution in [-0.2, 0) is 14.3 Å². The van der Waals surface area contributed by atoms with E-state index in [1.54, 1.807) is 50.2 Å². The molecular formula is C18H19ClO4S. The van der Waals surface area contributed by atoms with E-state index in [9.17, 15) is 13.2 Å². The summed E-state index contributed by atoms with van der Waals surface area (Å²) in [5, 5.41) is 0.530. The Morgan fingerprint density at radius 3 is 2.12 bits per heavy atom. The van der Waals surface area contributed by atoms with Crippen LogP contribution < -0.4 is 0 Å². The Balaban J connectivity index is 2.12. The predicted molar refractivity (Wildman–Crippen MR) is 93.9 cm³/mol. The molecule has 128 valence electrons. The zero-order valence-electron chi connectivity index (χ0n) is 13.7. The van der Waals surface area contributed by atoms with E-state index in [1.165, 1.54) is 12.1 Å². The lowest BCUT2D eigenvalue weighted by atomic mass is 9.85. The molecule has 0 aliphatic rings. The second-order valence-corrected chi connectivity index (χ2v) is 8.30. The van der Waals surface area contributed by atoms with Gasteiger partial charge >= 0.3 is 0 Å². The van der Waals surface area contributed by atoms with Crippen molar-refractivity contribution >= 4 is 27.5 Å². The Hall–Kier alpha value is -1.69. The van der Waals surface area contributed by atoms with Crippen LogP contribution in [-0.4, -0.2) is 20.8 Å². The molecule has 24 heavy (non-hydrogen) atoms. The minimum Gasteiger partial charge on any atom is -0.293 e. The molecule has 0 amide bonds. The van der Waals surface area contributed by atoms with Gasteiger partial charge in [0.15, 0.2) is 5.78 Å². The molecule has 0 radical (unpaired) electrons. The number of hydrogen-bond acceptors (Lipinski definition) is 4. The van der Waals surface area contributed by atoms with Crippen molar-refractivity contribution in [3.05, 3.63) is 64.7 Å². The molecule has 0 aliphatic heterocycles. The Morgan fingerprint density at radius 1 is 1.04 bits per heavy atom. The van der Waals surface area contributed by atoms with E-state index >= 15 is 0 Å². The second-order valence-electron chi connectivity index (χ2n) is 6.25. The molecule has 0 spiro atoms. The molecule has 0 aliphatic carbocycles. The van der Waals surface area contributed by atoms with Crippen LogP contribution in [0.2, 0.25) is 5.02 Å². The lowest BCUT2D eigenvalue weighted by Crippen LogP contribution is -2.31. The van der Waals surface area contributed by atoms with E-state index in [1.807, 2.05) is 6.92 Å². The van der Waals surface area contributed by atoms with Crippen molar-refractivity contribution in [3.63, 3.8) is 0 Å². The molecule has 0 saturated heterocycles. The molecule has 4 nitrogen and oxygen atoms in total. The highest BCUT2D eigenvalue weighted by atomic mass is 35.5. The van der Waals surface area contributed by atoms with Crippen molar-refractivity contribution in [1.29, 1.82) is 0 Å². The number of carbonyl (C=O) groups excluding carboxylic acids is 1. The van der Waals surface area contributed by atoms with Crippen LogP contribution in [0.3, 0.4) is 0 Å². The molecule has 0 atom stereocenters. The summed E-state index contributed by atoms with van der Waals surface area (Å²) in [7, 11) is -3.91. The molecule has 6 heteroatoms. The zero-order chi connectivity index (χ0) is 18.0. The van der Waals surface area contributed by atoms with Gasteiger partial charge in [-0.15, -0.1) is 0 Å². The SMILES string of the molecule is Cc1ccc(S(=O)(=O)OCC(C)(C)C(=O)c2ccc(Cl)cc2)cc1. The number of hydrogen-bond donors (Lipinski definition) is 0. The molecule has 2 aromatic carbocycles. The monoisotopic (exact) mass is 366 g/mol. The fraction of sp³-hybridized carbons (Fsp3) is 0.278. The van der Waals surface area contributed by atoms with E-state index in [4.69, 9.17) is 15.8 Å². The van der Waals surface area contributed by atoms with Gasteiger partial charge in [0.05, 0.1) is 16.9 Å². The maximum Gasteiger partial charge on any atom is 0.297 e. The van der Waals surface area contributed by atoms with Crippen LogP contribution in [0.25, 0.3) is 0 Å². The summed E-state index contributed by atoms with van der Waals surface area (Å²) in [6, 6.07) is 12.8. The lowest BCUT2D eigenvalue weighted by Gasteiger charge is -2.22. The first-order valence-corrected chi connectivity index (χ1v) is 9.17. The van der Waals surface area contributed by atoms with Gasteiger partial charge in [0.2, 0.25) is 0 Å². The van der Waals surface area contributed by atoms with Crippen LogP contribution in [0, 0.1) is 12.3 Å². The molecule has 0 unspecified atom stereocenters. The first-order valence-electron chi connectivity index (χ1n) is 7.38. The van der Waals surface area contributed by atoms with Crippen molar-refractivity contribution in [2.45, 2.75) is 25.7 Å². The Morgan fingerprint density at radius 2 is 1.58 bits per heavy atom. The first-order chi connectivity index (χ1) is 11.1. The first kappa shape index (κ1) is 18.6. The van der Waals surface area contributed by atoms with Gasteiger partial charge in [0.1, 0.15) is 0 Å². The second kappa shape index (κ2) is 7.05. The largest absolute Gasteiger partial charge is 0.297 e. The Bertz CT molecular complexity index is 822. The highest BCUT2D eigenvalue weighted by Crippen LogP contribution is 2.25. The van der Waals surface area contributed by atoms with Crippen molar-refractivity contribution in [2.24, 2.45) is 5.41 Å². The maximum atomic E-state index is 12.6. The number of benzene rings is 2. The summed E-state index contributed by atoms with van der Waals surface area (Å²) in [5.41, 5.74) is 0.416. The van der Waals surface area contributed by atoms with E-state index < -0.39 is 15.5 Å². The van der Waals surface area contributed by atoms with Gasteiger partial charge in [-0.25, -0.2) is 0 Å². The zero-order valence-corrected chi connectivity index (χ0v) is 15.3. The fourth-order valence-electron chi connectivity index (χ4n) is 2.06. The molecule has 0 aromatic heterocycles. The van der Waals surface area contributed by atoms with E-state index in [2.05, 4.69) is 0 Å². The minimum atomic E-state index is -3.91. The van der Waals surface area contributed by atoms with Crippen LogP contribution >= 0.6 is 11.6 Å². The smallest absolute Gasteiger partial charge is 0.293 e. The highest BCUT2D eigenvalue weighted by molar-refractivity contribution is 7.86. The summed E-state index contributed by atoms with van der Waals surface area (Å²) in [6.07, 6.45) is 0. The van der Waals surface area contributed by atoms with E-state index in [-0.39, 0.29) is 17.3 Å². The topological polar surface area (TPSA) is 60.4 Å². The van der Waals surface area contributed by atoms with Gasteiger partial charge in [0.25, 0.3) is 10.1 Å². The molecule has 0 heterocycles. The van der Waals surface area contributed by atoms with Gasteiger partial charge in [-0.05, 0) is 43.3 Å². The molecule has 0 saturated carbocycles. The van der Waals surface area contributed by atoms with Crippen LogP contribution in [0.15, 0.2) is 53.4 Å². The number of aryl methyl sites for hydroxylation is 1. The van der Waals surface area contributed by atoms with Gasteiger partial charge in [-0.1, -0.05) is 43.1 Å². The van der Waals surface area contributed by atoms with Gasteiger partial charge < -0.3 is 0 Å². The standard InChI is InChI=1S/C18H19ClO4S/c1-13-4-10-16(11-5-13)24(21,22)23-12-18(2,3)17(20)14-6-8-15(19)9-7-14/h4-11H,12H2,1-3H3. The molecule has 0 fully saturated rings. The fourth-order valence-corrected chi connectivity index (χ4v) is 3.24. The number of ketones is 1. The Kier molecular flexibility index (Phi) is 5.48. The van der Waals surface area contributed by atoms with E-state index in [0.29, 0.717) is 10.6 Å². The van der Waals surface area contributed by atoms with Crippen LogP contribution in [0.4, 0.5) is 0 Å². The third-order valence-electron chi connectivity index (χ3n) is 3.61. The average Bonchev–Trinajstić information content (AvgIpc) is 2.54. The minimum absolute atomic E-state index is 0.0721. The molecule has 0 N–H and O–H groups in total. The van der Waals surface area contributed by atoms with E-state index in [0.717, 1.165) is 5.56 Å². The summed E-state index contributed by atoms with van der Waals surface area (Å²) < 4.78 is 29.6.